The molecule has 0 saturated carbocycles. The Hall–Kier alpha value is -3.32. The van der Waals surface area contributed by atoms with Crippen LogP contribution in [0.4, 0.5) is 18.9 Å². The molecule has 0 heterocycles. The molecule has 29 heavy (non-hydrogen) atoms. The molecule has 0 spiro atoms. The molecular weight excluding hydrogens is 381 g/mol. The fraction of sp³-hybridized carbons (Fsp3) is 0.136. The Balaban J connectivity index is 1.72. The fourth-order valence-electron chi connectivity index (χ4n) is 2.88. The predicted octanol–water partition coefficient (Wildman–Crippen LogP) is 4.74. The summed E-state index contributed by atoms with van der Waals surface area (Å²) in [6, 6.07) is 20.9. The highest BCUT2D eigenvalue weighted by Gasteiger charge is 2.16. The van der Waals surface area contributed by atoms with Crippen LogP contribution in [-0.4, -0.2) is 19.1 Å². The molecule has 7 heteroatoms. The van der Waals surface area contributed by atoms with E-state index in [0.717, 1.165) is 11.1 Å². The van der Waals surface area contributed by atoms with Crippen molar-refractivity contribution in [3.63, 3.8) is 0 Å². The van der Waals surface area contributed by atoms with E-state index in [0.29, 0.717) is 5.69 Å². The van der Waals surface area contributed by atoms with E-state index in [1.807, 2.05) is 30.3 Å². The molecule has 1 amide bonds. The smallest absolute Gasteiger partial charge is 0.387 e. The molecule has 3 rings (SSSR count). The van der Waals surface area contributed by atoms with Gasteiger partial charge in [0.1, 0.15) is 11.6 Å². The molecule has 3 aromatic carbocycles. The van der Waals surface area contributed by atoms with Crippen molar-refractivity contribution >= 4 is 11.6 Å². The van der Waals surface area contributed by atoms with Crippen LogP contribution in [0.25, 0.3) is 0 Å². The van der Waals surface area contributed by atoms with Crippen LogP contribution in [0.15, 0.2) is 78.9 Å². The molecule has 0 saturated heterocycles. The average Bonchev–Trinajstić information content (AvgIpc) is 2.70. The fourth-order valence-corrected chi connectivity index (χ4v) is 2.88. The lowest BCUT2D eigenvalue weighted by molar-refractivity contribution is -0.115. The number of amides is 1. The Morgan fingerprint density at radius 1 is 0.897 bits per heavy atom. The Bertz CT molecular complexity index is 934. The molecule has 1 atom stereocenters. The molecular formula is C22H19F3N2O2. The van der Waals surface area contributed by atoms with Gasteiger partial charge in [0.15, 0.2) is 0 Å². The zero-order chi connectivity index (χ0) is 20.6. The monoisotopic (exact) mass is 400 g/mol. The molecule has 0 unspecified atom stereocenters. The summed E-state index contributed by atoms with van der Waals surface area (Å²) in [4.78, 5) is 12.3. The first-order chi connectivity index (χ1) is 14.0. The van der Waals surface area contributed by atoms with Crippen LogP contribution in [0, 0.1) is 5.82 Å². The number of carbonyl (C=O) groups excluding carboxylic acids is 1. The lowest BCUT2D eigenvalue weighted by Gasteiger charge is -2.20. The standard InChI is InChI=1S/C22H19F3N2O2/c23-17-7-4-8-18(13-17)27-20(28)14-26-21(15-5-2-1-3-6-15)16-9-11-19(12-10-16)29-22(24)25/h1-13,21-22,26H,14H2,(H,27,28)/t21-/m0/s1. The van der Waals surface area contributed by atoms with Gasteiger partial charge in [-0.15, -0.1) is 0 Å². The third kappa shape index (κ3) is 6.08. The lowest BCUT2D eigenvalue weighted by Crippen LogP contribution is -2.32. The van der Waals surface area contributed by atoms with E-state index in [9.17, 15) is 18.0 Å². The number of hydrogen-bond donors (Lipinski definition) is 2. The van der Waals surface area contributed by atoms with Gasteiger partial charge >= 0.3 is 6.61 Å². The van der Waals surface area contributed by atoms with Gasteiger partial charge in [-0.2, -0.15) is 8.78 Å². The third-order valence-corrected chi connectivity index (χ3v) is 4.15. The van der Waals surface area contributed by atoms with Crippen LogP contribution in [0.2, 0.25) is 0 Å². The highest BCUT2D eigenvalue weighted by molar-refractivity contribution is 5.92. The number of nitrogens with one attached hydrogen (secondary N) is 2. The molecule has 0 aliphatic rings. The summed E-state index contributed by atoms with van der Waals surface area (Å²) in [5.74, 6) is -0.724. The van der Waals surface area contributed by atoms with E-state index < -0.39 is 12.4 Å². The maximum atomic E-state index is 13.3. The second-order valence-corrected chi connectivity index (χ2v) is 6.23. The first kappa shape index (κ1) is 20.4. The highest BCUT2D eigenvalue weighted by atomic mass is 19.3. The Kier molecular flexibility index (Phi) is 6.86. The molecule has 4 nitrogen and oxygen atoms in total. The van der Waals surface area contributed by atoms with E-state index in [1.54, 1.807) is 18.2 Å². The van der Waals surface area contributed by atoms with Crippen LogP contribution < -0.4 is 15.4 Å². The molecule has 0 fully saturated rings. The summed E-state index contributed by atoms with van der Waals surface area (Å²) in [5.41, 5.74) is 2.03. The van der Waals surface area contributed by atoms with Crippen molar-refractivity contribution in [3.05, 3.63) is 95.8 Å². The first-order valence-electron chi connectivity index (χ1n) is 8.90. The van der Waals surface area contributed by atoms with Crippen molar-refractivity contribution in [1.82, 2.24) is 5.32 Å². The van der Waals surface area contributed by atoms with Crippen molar-refractivity contribution in [2.45, 2.75) is 12.7 Å². The number of halogens is 3. The number of carbonyl (C=O) groups is 1. The largest absolute Gasteiger partial charge is 0.435 e. The number of benzene rings is 3. The number of rotatable bonds is 8. The zero-order valence-electron chi connectivity index (χ0n) is 15.3. The molecule has 0 aromatic heterocycles. The Morgan fingerprint density at radius 2 is 1.59 bits per heavy atom. The van der Waals surface area contributed by atoms with Crippen molar-refractivity contribution in [2.75, 3.05) is 11.9 Å². The predicted molar refractivity (Wildman–Crippen MR) is 104 cm³/mol. The van der Waals surface area contributed by atoms with Gasteiger partial charge < -0.3 is 10.1 Å². The quantitative estimate of drug-likeness (QED) is 0.574. The minimum Gasteiger partial charge on any atom is -0.435 e. The van der Waals surface area contributed by atoms with E-state index >= 15 is 0 Å². The summed E-state index contributed by atoms with van der Waals surface area (Å²) < 4.78 is 42.4. The molecule has 0 radical (unpaired) electrons. The van der Waals surface area contributed by atoms with Crippen molar-refractivity contribution < 1.29 is 22.7 Å². The Labute approximate surface area is 166 Å². The Morgan fingerprint density at radius 3 is 2.24 bits per heavy atom. The molecule has 0 aliphatic carbocycles. The summed E-state index contributed by atoms with van der Waals surface area (Å²) in [7, 11) is 0. The van der Waals surface area contributed by atoms with Gasteiger partial charge in [-0.05, 0) is 41.5 Å². The summed E-state index contributed by atoms with van der Waals surface area (Å²) >= 11 is 0. The summed E-state index contributed by atoms with van der Waals surface area (Å²) in [6.45, 7) is -2.93. The maximum Gasteiger partial charge on any atom is 0.387 e. The van der Waals surface area contributed by atoms with Gasteiger partial charge in [0, 0.05) is 5.69 Å². The second kappa shape index (κ2) is 9.75. The van der Waals surface area contributed by atoms with Gasteiger partial charge in [0.05, 0.1) is 12.6 Å². The van der Waals surface area contributed by atoms with Crippen molar-refractivity contribution in [3.8, 4) is 5.75 Å². The van der Waals surface area contributed by atoms with Crippen LogP contribution >= 0.6 is 0 Å². The average molecular weight is 400 g/mol. The van der Waals surface area contributed by atoms with Gasteiger partial charge in [-0.3, -0.25) is 10.1 Å². The zero-order valence-corrected chi connectivity index (χ0v) is 15.3. The normalized spacial score (nSPS) is 11.9. The van der Waals surface area contributed by atoms with E-state index in [1.165, 1.54) is 30.3 Å². The van der Waals surface area contributed by atoms with Crippen molar-refractivity contribution in [1.29, 1.82) is 0 Å². The van der Waals surface area contributed by atoms with Crippen LogP contribution in [0.3, 0.4) is 0 Å². The van der Waals surface area contributed by atoms with Crippen LogP contribution in [-0.2, 0) is 4.79 Å². The summed E-state index contributed by atoms with van der Waals surface area (Å²) in [5, 5.41) is 5.78. The third-order valence-electron chi connectivity index (χ3n) is 4.15. The van der Waals surface area contributed by atoms with Crippen LogP contribution in [0.1, 0.15) is 17.2 Å². The molecule has 0 aliphatic heterocycles. The lowest BCUT2D eigenvalue weighted by atomic mass is 9.98. The number of alkyl halides is 2. The van der Waals surface area contributed by atoms with E-state index in [-0.39, 0.29) is 24.2 Å². The minimum atomic E-state index is -2.89. The number of anilines is 1. The van der Waals surface area contributed by atoms with E-state index in [4.69, 9.17) is 0 Å². The number of hydrogen-bond acceptors (Lipinski definition) is 3. The van der Waals surface area contributed by atoms with Gasteiger partial charge in [0.25, 0.3) is 0 Å². The molecule has 2 N–H and O–H groups in total. The molecule has 3 aromatic rings. The second-order valence-electron chi connectivity index (χ2n) is 6.23. The van der Waals surface area contributed by atoms with Gasteiger partial charge in [0.2, 0.25) is 5.91 Å². The highest BCUT2D eigenvalue weighted by Crippen LogP contribution is 2.24. The van der Waals surface area contributed by atoms with Crippen molar-refractivity contribution in [2.24, 2.45) is 0 Å². The maximum absolute atomic E-state index is 13.3. The topological polar surface area (TPSA) is 50.4 Å². The molecule has 0 bridgehead atoms. The first-order valence-corrected chi connectivity index (χ1v) is 8.90. The number of ether oxygens (including phenoxy) is 1. The van der Waals surface area contributed by atoms with Gasteiger partial charge in [-0.25, -0.2) is 4.39 Å². The SMILES string of the molecule is O=C(CN[C@@H](c1ccccc1)c1ccc(OC(F)F)cc1)Nc1cccc(F)c1. The summed E-state index contributed by atoms with van der Waals surface area (Å²) in [6.07, 6.45) is 0. The van der Waals surface area contributed by atoms with Crippen LogP contribution in [0.5, 0.6) is 5.75 Å². The minimum absolute atomic E-state index is 0.0363. The van der Waals surface area contributed by atoms with E-state index in [2.05, 4.69) is 15.4 Å². The van der Waals surface area contributed by atoms with Gasteiger partial charge in [-0.1, -0.05) is 48.5 Å². The molecule has 150 valence electrons.